The van der Waals surface area contributed by atoms with Gasteiger partial charge in [-0.05, 0) is 23.6 Å². The first-order valence-corrected chi connectivity index (χ1v) is 8.82. The average Bonchev–Trinajstić information content (AvgIpc) is 2.07. The van der Waals surface area contributed by atoms with Gasteiger partial charge >= 0.3 is 0 Å². The van der Waals surface area contributed by atoms with Gasteiger partial charge in [-0.25, -0.2) is 0 Å². The molecular formula is C12H21NSi. The molecule has 1 atom stereocenters. The Morgan fingerprint density at radius 2 is 1.79 bits per heavy atom. The van der Waals surface area contributed by atoms with Gasteiger partial charge in [-0.3, -0.25) is 0 Å². The monoisotopic (exact) mass is 207 g/mol. The van der Waals surface area contributed by atoms with Crippen molar-refractivity contribution in [1.82, 2.24) is 0 Å². The lowest BCUT2D eigenvalue weighted by molar-refractivity contribution is 0.877. The third-order valence-electron chi connectivity index (χ3n) is 3.06. The lowest BCUT2D eigenvalue weighted by atomic mass is 10.1. The second-order valence-electron chi connectivity index (χ2n) is 5.17. The predicted octanol–water partition coefficient (Wildman–Crippen LogP) is 3.54. The summed E-state index contributed by atoms with van der Waals surface area (Å²) in [4.78, 5) is 0. The summed E-state index contributed by atoms with van der Waals surface area (Å²) in [6.07, 6.45) is 1.13. The Kier molecular flexibility index (Phi) is 3.37. The topological polar surface area (TPSA) is 26.0 Å². The number of nitrogen functional groups attached to an aromatic ring is 1. The summed E-state index contributed by atoms with van der Waals surface area (Å²) >= 11 is 0. The molecule has 0 aliphatic rings. The molecule has 0 aliphatic heterocycles. The maximum atomic E-state index is 5.93. The number of hydrogen-bond donors (Lipinski definition) is 1. The van der Waals surface area contributed by atoms with E-state index in [0.29, 0.717) is 0 Å². The maximum Gasteiger partial charge on any atom is 0.0474 e. The number of nitrogens with two attached hydrogens (primary N) is 1. The molecule has 0 radical (unpaired) electrons. The predicted molar refractivity (Wildman–Crippen MR) is 67.3 cm³/mol. The highest BCUT2D eigenvalue weighted by Crippen LogP contribution is 2.27. The molecule has 78 valence electrons. The van der Waals surface area contributed by atoms with E-state index in [1.165, 1.54) is 5.56 Å². The number of anilines is 1. The van der Waals surface area contributed by atoms with Gasteiger partial charge in [0.25, 0.3) is 0 Å². The molecule has 0 heterocycles. The van der Waals surface area contributed by atoms with Crippen LogP contribution in [0.25, 0.3) is 0 Å². The molecule has 1 rings (SSSR count). The van der Waals surface area contributed by atoms with E-state index in [1.54, 1.807) is 0 Å². The van der Waals surface area contributed by atoms with Crippen molar-refractivity contribution < 1.29 is 0 Å². The van der Waals surface area contributed by atoms with E-state index in [2.05, 4.69) is 38.7 Å². The van der Waals surface area contributed by atoms with Crippen LogP contribution < -0.4 is 5.73 Å². The van der Waals surface area contributed by atoms with E-state index in [0.717, 1.165) is 17.6 Å². The fourth-order valence-corrected chi connectivity index (χ4v) is 2.19. The van der Waals surface area contributed by atoms with Crippen molar-refractivity contribution in [1.29, 1.82) is 0 Å². The molecule has 14 heavy (non-hydrogen) atoms. The standard InChI is InChI=1S/C12H21NSi/c1-10(14(2,3)4)9-11-7-5-6-8-12(11)13/h5-8,10H,9,13H2,1-4H3. The molecule has 0 fully saturated rings. The zero-order chi connectivity index (χ0) is 10.8. The van der Waals surface area contributed by atoms with E-state index in [-0.39, 0.29) is 0 Å². The van der Waals surface area contributed by atoms with Crippen LogP contribution in [0.3, 0.4) is 0 Å². The molecule has 0 saturated carbocycles. The van der Waals surface area contributed by atoms with Crippen molar-refractivity contribution in [3.05, 3.63) is 29.8 Å². The summed E-state index contributed by atoms with van der Waals surface area (Å²) < 4.78 is 0. The van der Waals surface area contributed by atoms with E-state index in [1.807, 2.05) is 12.1 Å². The minimum absolute atomic E-state index is 0.784. The van der Waals surface area contributed by atoms with Crippen LogP contribution in [-0.4, -0.2) is 8.07 Å². The third-order valence-corrected chi connectivity index (χ3v) is 6.22. The number of benzene rings is 1. The molecule has 0 amide bonds. The quantitative estimate of drug-likeness (QED) is 0.595. The first-order valence-electron chi connectivity index (χ1n) is 5.24. The SMILES string of the molecule is CC(Cc1ccccc1N)[Si](C)(C)C. The number of hydrogen-bond acceptors (Lipinski definition) is 1. The largest absolute Gasteiger partial charge is 0.399 e. The van der Waals surface area contributed by atoms with Gasteiger partial charge < -0.3 is 5.73 Å². The molecule has 0 saturated heterocycles. The highest BCUT2D eigenvalue weighted by atomic mass is 28.3. The van der Waals surface area contributed by atoms with Gasteiger partial charge in [-0.15, -0.1) is 0 Å². The average molecular weight is 207 g/mol. The van der Waals surface area contributed by atoms with Gasteiger partial charge in [-0.1, -0.05) is 44.8 Å². The summed E-state index contributed by atoms with van der Waals surface area (Å²) in [5, 5.41) is 0. The molecule has 1 aromatic carbocycles. The van der Waals surface area contributed by atoms with Crippen molar-refractivity contribution in [3.8, 4) is 0 Å². The Labute approximate surface area is 88.3 Å². The fraction of sp³-hybridized carbons (Fsp3) is 0.500. The summed E-state index contributed by atoms with van der Waals surface area (Å²) in [7, 11) is -1.02. The zero-order valence-corrected chi connectivity index (χ0v) is 10.7. The van der Waals surface area contributed by atoms with Crippen molar-refractivity contribution in [2.75, 3.05) is 5.73 Å². The van der Waals surface area contributed by atoms with Crippen LogP contribution in [-0.2, 0) is 6.42 Å². The molecule has 0 aromatic heterocycles. The molecule has 1 nitrogen and oxygen atoms in total. The summed E-state index contributed by atoms with van der Waals surface area (Å²) in [5.41, 5.74) is 8.96. The molecule has 2 N–H and O–H groups in total. The number of rotatable bonds is 3. The first kappa shape index (κ1) is 11.3. The highest BCUT2D eigenvalue weighted by molar-refractivity contribution is 6.77. The molecule has 0 bridgehead atoms. The first-order chi connectivity index (χ1) is 6.41. The minimum atomic E-state index is -1.02. The summed E-state index contributed by atoms with van der Waals surface area (Å²) in [5.74, 6) is 0. The van der Waals surface area contributed by atoms with Crippen molar-refractivity contribution in [2.24, 2.45) is 0 Å². The van der Waals surface area contributed by atoms with Crippen LogP contribution in [0.5, 0.6) is 0 Å². The van der Waals surface area contributed by atoms with Gasteiger partial charge in [0.05, 0.1) is 0 Å². The van der Waals surface area contributed by atoms with Gasteiger partial charge in [-0.2, -0.15) is 0 Å². The van der Waals surface area contributed by atoms with E-state index in [9.17, 15) is 0 Å². The lowest BCUT2D eigenvalue weighted by Crippen LogP contribution is -2.27. The van der Waals surface area contributed by atoms with Gasteiger partial charge in [0, 0.05) is 13.8 Å². The number of para-hydroxylation sites is 1. The summed E-state index contributed by atoms with van der Waals surface area (Å²) in [6.45, 7) is 9.59. The lowest BCUT2D eigenvalue weighted by Gasteiger charge is -2.25. The Hall–Kier alpha value is -0.763. The van der Waals surface area contributed by atoms with Crippen LogP contribution in [0, 0.1) is 0 Å². The third kappa shape index (κ3) is 2.88. The van der Waals surface area contributed by atoms with E-state index < -0.39 is 8.07 Å². The minimum Gasteiger partial charge on any atom is -0.399 e. The molecule has 1 unspecified atom stereocenters. The van der Waals surface area contributed by atoms with Crippen LogP contribution >= 0.6 is 0 Å². The second kappa shape index (κ2) is 4.18. The van der Waals surface area contributed by atoms with E-state index >= 15 is 0 Å². The molecular weight excluding hydrogens is 186 g/mol. The smallest absolute Gasteiger partial charge is 0.0474 e. The maximum absolute atomic E-state index is 5.93. The van der Waals surface area contributed by atoms with E-state index in [4.69, 9.17) is 5.73 Å². The Balaban J connectivity index is 2.75. The highest BCUT2D eigenvalue weighted by Gasteiger charge is 2.22. The fourth-order valence-electron chi connectivity index (χ4n) is 1.36. The normalized spacial score (nSPS) is 14.0. The Bertz CT molecular complexity index is 301. The molecule has 1 aromatic rings. The van der Waals surface area contributed by atoms with Gasteiger partial charge in [0.15, 0.2) is 0 Å². The van der Waals surface area contributed by atoms with Crippen LogP contribution in [0.1, 0.15) is 12.5 Å². The van der Waals surface area contributed by atoms with Crippen molar-refractivity contribution in [2.45, 2.75) is 38.5 Å². The van der Waals surface area contributed by atoms with Crippen LogP contribution in [0.4, 0.5) is 5.69 Å². The van der Waals surface area contributed by atoms with Crippen LogP contribution in [0.2, 0.25) is 25.2 Å². The second-order valence-corrected chi connectivity index (χ2v) is 10.9. The molecule has 0 spiro atoms. The Morgan fingerprint density at radius 1 is 1.21 bits per heavy atom. The Morgan fingerprint density at radius 3 is 2.29 bits per heavy atom. The molecule has 0 aliphatic carbocycles. The van der Waals surface area contributed by atoms with Crippen molar-refractivity contribution >= 4 is 13.8 Å². The van der Waals surface area contributed by atoms with Gasteiger partial charge in [0.2, 0.25) is 0 Å². The zero-order valence-electron chi connectivity index (χ0n) is 9.67. The van der Waals surface area contributed by atoms with Crippen molar-refractivity contribution in [3.63, 3.8) is 0 Å². The molecule has 2 heteroatoms. The summed E-state index contributed by atoms with van der Waals surface area (Å²) in [6, 6.07) is 8.21. The van der Waals surface area contributed by atoms with Crippen LogP contribution in [0.15, 0.2) is 24.3 Å². The van der Waals surface area contributed by atoms with Gasteiger partial charge in [0.1, 0.15) is 0 Å².